The number of hydrogen-bond acceptors (Lipinski definition) is 7. The summed E-state index contributed by atoms with van der Waals surface area (Å²) in [4.78, 5) is 4.62. The van der Waals surface area contributed by atoms with Gasteiger partial charge in [-0.3, -0.25) is 9.62 Å². The highest BCUT2D eigenvalue weighted by Gasteiger charge is 2.20. The summed E-state index contributed by atoms with van der Waals surface area (Å²) in [6.07, 6.45) is 2.43. The number of anilines is 2. The molecule has 1 heterocycles. The molecule has 1 aliphatic heterocycles. The summed E-state index contributed by atoms with van der Waals surface area (Å²) >= 11 is 0. The van der Waals surface area contributed by atoms with Crippen LogP contribution in [0.1, 0.15) is 24.5 Å². The highest BCUT2D eigenvalue weighted by Crippen LogP contribution is 2.28. The van der Waals surface area contributed by atoms with E-state index in [0.717, 1.165) is 51.7 Å². The fourth-order valence-electron chi connectivity index (χ4n) is 3.90. The van der Waals surface area contributed by atoms with Crippen molar-refractivity contribution >= 4 is 31.2 Å². The van der Waals surface area contributed by atoms with Gasteiger partial charge in [-0.15, -0.1) is 0 Å². The lowest BCUT2D eigenvalue weighted by molar-refractivity contribution is 0.154. The predicted octanol–water partition coefficient (Wildman–Crippen LogP) is 2.10. The Hall–Kier alpha value is -2.14. The summed E-state index contributed by atoms with van der Waals surface area (Å²) in [6.45, 7) is 4.68. The molecule has 0 saturated carbocycles. The zero-order valence-corrected chi connectivity index (χ0v) is 20.1. The van der Waals surface area contributed by atoms with E-state index >= 15 is 0 Å². The summed E-state index contributed by atoms with van der Waals surface area (Å²) < 4.78 is 49.5. The number of nitrogens with one attached hydrogen (secondary N) is 1. The maximum absolute atomic E-state index is 12.0. The zero-order valence-electron chi connectivity index (χ0n) is 18.4. The maximum atomic E-state index is 12.0. The van der Waals surface area contributed by atoms with Crippen molar-refractivity contribution in [1.82, 2.24) is 4.90 Å². The Morgan fingerprint density at radius 3 is 2.22 bits per heavy atom. The van der Waals surface area contributed by atoms with Crippen LogP contribution in [-0.4, -0.2) is 72.1 Å². The van der Waals surface area contributed by atoms with Crippen LogP contribution in [0.3, 0.4) is 0 Å². The molecule has 1 aliphatic rings. The number of rotatable bonds is 9. The summed E-state index contributed by atoms with van der Waals surface area (Å²) in [7, 11) is -7.29. The molecule has 0 radical (unpaired) electrons. The third kappa shape index (κ3) is 6.93. The average Bonchev–Trinajstić information content (AvgIpc) is 2.73. The van der Waals surface area contributed by atoms with E-state index in [0.29, 0.717) is 12.0 Å². The minimum Gasteiger partial charge on any atom is -0.388 e. The standard InChI is InChI=1S/C22H31N3O5S2/c1-31(27,28)22-11-10-18(17-20(22)23-32(2,29)30)21(26)9-6-12-24-13-15-25(16-14-24)19-7-4-3-5-8-19/h3-5,7-8,10-11,17,21,23,26H,6,9,12-16H2,1-2H3. The van der Waals surface area contributed by atoms with Crippen LogP contribution >= 0.6 is 0 Å². The number of aliphatic hydroxyl groups is 1. The van der Waals surface area contributed by atoms with Crippen molar-refractivity contribution in [3.8, 4) is 0 Å². The number of aliphatic hydroxyl groups excluding tert-OH is 1. The van der Waals surface area contributed by atoms with Crippen LogP contribution in [0.25, 0.3) is 0 Å². The Morgan fingerprint density at radius 2 is 1.62 bits per heavy atom. The van der Waals surface area contributed by atoms with E-state index in [1.54, 1.807) is 0 Å². The summed E-state index contributed by atoms with van der Waals surface area (Å²) in [6, 6.07) is 14.6. The van der Waals surface area contributed by atoms with Crippen LogP contribution in [0.5, 0.6) is 0 Å². The Bertz CT molecular complexity index is 1110. The third-order valence-electron chi connectivity index (χ3n) is 5.53. The van der Waals surface area contributed by atoms with Crippen molar-refractivity contribution in [2.24, 2.45) is 0 Å². The first kappa shape index (κ1) is 24.5. The Labute approximate surface area is 190 Å². The van der Waals surface area contributed by atoms with Gasteiger partial charge >= 0.3 is 0 Å². The van der Waals surface area contributed by atoms with Crippen molar-refractivity contribution < 1.29 is 21.9 Å². The number of sulfone groups is 1. The lowest BCUT2D eigenvalue weighted by atomic mass is 10.0. The summed E-state index contributed by atoms with van der Waals surface area (Å²) in [5.41, 5.74) is 1.68. The monoisotopic (exact) mass is 481 g/mol. The summed E-state index contributed by atoms with van der Waals surface area (Å²) in [5.74, 6) is 0. The van der Waals surface area contributed by atoms with Gasteiger partial charge in [0.05, 0.1) is 22.9 Å². The molecular weight excluding hydrogens is 450 g/mol. The first-order valence-electron chi connectivity index (χ1n) is 10.5. The molecule has 0 bridgehead atoms. The van der Waals surface area contributed by atoms with E-state index < -0.39 is 26.0 Å². The number of sulfonamides is 1. The zero-order chi connectivity index (χ0) is 23.4. The van der Waals surface area contributed by atoms with Gasteiger partial charge in [-0.2, -0.15) is 0 Å². The molecular formula is C22H31N3O5S2. The Morgan fingerprint density at radius 1 is 0.969 bits per heavy atom. The number of hydrogen-bond donors (Lipinski definition) is 2. The van der Waals surface area contributed by atoms with Gasteiger partial charge < -0.3 is 10.0 Å². The SMILES string of the molecule is CS(=O)(=O)Nc1cc(C(O)CCCN2CCN(c3ccccc3)CC2)ccc1S(C)(=O)=O. The Kier molecular flexibility index (Phi) is 7.81. The van der Waals surface area contributed by atoms with E-state index in [9.17, 15) is 21.9 Å². The molecule has 1 unspecified atom stereocenters. The predicted molar refractivity (Wildman–Crippen MR) is 127 cm³/mol. The molecule has 2 N–H and O–H groups in total. The summed E-state index contributed by atoms with van der Waals surface area (Å²) in [5, 5.41) is 10.6. The average molecular weight is 482 g/mol. The number of para-hydroxylation sites is 1. The van der Waals surface area contributed by atoms with Crippen molar-refractivity contribution in [2.75, 3.05) is 54.9 Å². The molecule has 0 aliphatic carbocycles. The van der Waals surface area contributed by atoms with Crippen LogP contribution in [0.15, 0.2) is 53.4 Å². The second-order valence-corrected chi connectivity index (χ2v) is 12.0. The van der Waals surface area contributed by atoms with Gasteiger partial charge in [0.25, 0.3) is 0 Å². The normalized spacial score (nSPS) is 16.7. The first-order valence-corrected chi connectivity index (χ1v) is 14.3. The van der Waals surface area contributed by atoms with Crippen LogP contribution < -0.4 is 9.62 Å². The Balaban J connectivity index is 1.55. The molecule has 1 atom stereocenters. The van der Waals surface area contributed by atoms with E-state index in [1.807, 2.05) is 18.2 Å². The fourth-order valence-corrected chi connectivity index (χ4v) is 5.36. The number of piperazine rings is 1. The fraction of sp³-hybridized carbons (Fsp3) is 0.455. The van der Waals surface area contributed by atoms with E-state index in [1.165, 1.54) is 23.9 Å². The lowest BCUT2D eigenvalue weighted by Gasteiger charge is -2.36. The van der Waals surface area contributed by atoms with Crippen LogP contribution in [0, 0.1) is 0 Å². The smallest absolute Gasteiger partial charge is 0.229 e. The second kappa shape index (κ2) is 10.2. The molecule has 0 aromatic heterocycles. The number of benzene rings is 2. The molecule has 3 rings (SSSR count). The minimum absolute atomic E-state index is 0.0383. The largest absolute Gasteiger partial charge is 0.388 e. The molecule has 176 valence electrons. The van der Waals surface area contributed by atoms with Gasteiger partial charge in [-0.1, -0.05) is 24.3 Å². The topological polar surface area (TPSA) is 107 Å². The first-order chi connectivity index (χ1) is 15.0. The highest BCUT2D eigenvalue weighted by molar-refractivity contribution is 7.92. The van der Waals surface area contributed by atoms with Crippen LogP contribution in [-0.2, 0) is 19.9 Å². The molecule has 2 aromatic carbocycles. The molecule has 8 nitrogen and oxygen atoms in total. The van der Waals surface area contributed by atoms with Gasteiger partial charge in [0.2, 0.25) is 10.0 Å². The van der Waals surface area contributed by atoms with Gasteiger partial charge in [0, 0.05) is 38.1 Å². The quantitative estimate of drug-likeness (QED) is 0.565. The molecule has 2 aromatic rings. The van der Waals surface area contributed by atoms with Crippen molar-refractivity contribution in [3.63, 3.8) is 0 Å². The van der Waals surface area contributed by atoms with Gasteiger partial charge in [-0.25, -0.2) is 16.8 Å². The molecule has 0 spiro atoms. The van der Waals surface area contributed by atoms with Crippen molar-refractivity contribution in [3.05, 3.63) is 54.1 Å². The van der Waals surface area contributed by atoms with E-state index in [-0.39, 0.29) is 10.6 Å². The number of nitrogens with zero attached hydrogens (tertiary/aromatic N) is 2. The van der Waals surface area contributed by atoms with Crippen LogP contribution in [0.4, 0.5) is 11.4 Å². The minimum atomic E-state index is -3.67. The third-order valence-corrected chi connectivity index (χ3v) is 7.27. The molecule has 32 heavy (non-hydrogen) atoms. The van der Waals surface area contributed by atoms with Gasteiger partial charge in [0.15, 0.2) is 9.84 Å². The van der Waals surface area contributed by atoms with E-state index in [2.05, 4.69) is 26.7 Å². The maximum Gasteiger partial charge on any atom is 0.229 e. The highest BCUT2D eigenvalue weighted by atomic mass is 32.2. The molecule has 1 fully saturated rings. The van der Waals surface area contributed by atoms with Crippen molar-refractivity contribution in [2.45, 2.75) is 23.8 Å². The van der Waals surface area contributed by atoms with E-state index in [4.69, 9.17) is 0 Å². The second-order valence-electron chi connectivity index (χ2n) is 8.22. The molecule has 0 amide bonds. The molecule has 1 saturated heterocycles. The van der Waals surface area contributed by atoms with Crippen molar-refractivity contribution in [1.29, 1.82) is 0 Å². The lowest BCUT2D eigenvalue weighted by Crippen LogP contribution is -2.46. The van der Waals surface area contributed by atoms with Crippen LogP contribution in [0.2, 0.25) is 0 Å². The molecule has 10 heteroatoms. The van der Waals surface area contributed by atoms with Gasteiger partial charge in [0.1, 0.15) is 0 Å². The van der Waals surface area contributed by atoms with Gasteiger partial charge in [-0.05, 0) is 49.2 Å².